The highest BCUT2D eigenvalue weighted by molar-refractivity contribution is 7.89. The second-order valence-corrected chi connectivity index (χ2v) is 7.85. The van der Waals surface area contributed by atoms with E-state index >= 15 is 0 Å². The lowest BCUT2D eigenvalue weighted by Gasteiger charge is -2.21. The van der Waals surface area contributed by atoms with Gasteiger partial charge in [0.1, 0.15) is 0 Å². The third-order valence-electron chi connectivity index (χ3n) is 4.87. The van der Waals surface area contributed by atoms with Crippen LogP contribution in [-0.2, 0) is 14.8 Å². The number of sulfonamides is 1. The van der Waals surface area contributed by atoms with Crippen molar-refractivity contribution in [3.8, 4) is 0 Å². The van der Waals surface area contributed by atoms with Gasteiger partial charge in [-0.15, -0.1) is 0 Å². The molecule has 2 aliphatic rings. The van der Waals surface area contributed by atoms with Crippen LogP contribution in [0.2, 0.25) is 0 Å². The van der Waals surface area contributed by atoms with Gasteiger partial charge in [0, 0.05) is 11.6 Å². The summed E-state index contributed by atoms with van der Waals surface area (Å²) in [7, 11) is -3.76. The molecule has 2 bridgehead atoms. The molecule has 0 unspecified atom stereocenters. The number of rotatable bonds is 3. The monoisotopic (exact) mass is 308 g/mol. The zero-order valence-corrected chi connectivity index (χ0v) is 12.8. The van der Waals surface area contributed by atoms with Gasteiger partial charge in [-0.1, -0.05) is 12.5 Å². The predicted molar refractivity (Wildman–Crippen MR) is 80.1 cm³/mol. The van der Waals surface area contributed by atoms with Crippen LogP contribution in [0.4, 0.5) is 5.69 Å². The summed E-state index contributed by atoms with van der Waals surface area (Å²) in [6.45, 7) is 1.84. The van der Waals surface area contributed by atoms with E-state index in [2.05, 4.69) is 5.32 Å². The molecule has 0 spiro atoms. The number of hydrogen-bond donors (Lipinski definition) is 2. The zero-order valence-electron chi connectivity index (χ0n) is 12.0. The number of nitrogens with one attached hydrogen (secondary N) is 1. The molecule has 2 aliphatic carbocycles. The summed E-state index contributed by atoms with van der Waals surface area (Å²) in [5.74, 6) is 1.28. The van der Waals surface area contributed by atoms with Gasteiger partial charge < -0.3 is 5.32 Å². The average molecular weight is 308 g/mol. The molecule has 0 aromatic heterocycles. The van der Waals surface area contributed by atoms with E-state index in [1.807, 2.05) is 6.92 Å². The van der Waals surface area contributed by atoms with Gasteiger partial charge in [-0.05, 0) is 55.7 Å². The zero-order chi connectivity index (χ0) is 15.2. The van der Waals surface area contributed by atoms with E-state index in [-0.39, 0.29) is 16.7 Å². The molecule has 2 saturated carbocycles. The van der Waals surface area contributed by atoms with Crippen molar-refractivity contribution in [2.75, 3.05) is 5.32 Å². The van der Waals surface area contributed by atoms with Crippen molar-refractivity contribution in [2.45, 2.75) is 37.5 Å². The number of primary sulfonamides is 1. The fourth-order valence-corrected chi connectivity index (χ4v) is 4.24. The van der Waals surface area contributed by atoms with Crippen LogP contribution in [0.25, 0.3) is 0 Å². The molecular formula is C15H20N2O3S. The largest absolute Gasteiger partial charge is 0.326 e. The van der Waals surface area contributed by atoms with Gasteiger partial charge in [0.05, 0.1) is 4.90 Å². The van der Waals surface area contributed by atoms with Crippen molar-refractivity contribution in [3.63, 3.8) is 0 Å². The van der Waals surface area contributed by atoms with Gasteiger partial charge in [-0.2, -0.15) is 0 Å². The maximum absolute atomic E-state index is 12.4. The molecule has 1 aromatic carbocycles. The van der Waals surface area contributed by atoms with Crippen LogP contribution in [0.1, 0.15) is 31.2 Å². The Balaban J connectivity index is 1.80. The molecule has 1 aromatic rings. The molecule has 21 heavy (non-hydrogen) atoms. The fourth-order valence-electron chi connectivity index (χ4n) is 3.70. The third kappa shape index (κ3) is 2.82. The van der Waals surface area contributed by atoms with Gasteiger partial charge in [0.25, 0.3) is 0 Å². The number of hydrogen-bond acceptors (Lipinski definition) is 3. The minimum absolute atomic E-state index is 0.0110. The van der Waals surface area contributed by atoms with Crippen molar-refractivity contribution < 1.29 is 13.2 Å². The molecule has 0 saturated heterocycles. The van der Waals surface area contributed by atoms with Gasteiger partial charge in [0.15, 0.2) is 0 Å². The Morgan fingerprint density at radius 1 is 1.29 bits per heavy atom. The number of fused-ring (bicyclic) bond motifs is 2. The van der Waals surface area contributed by atoms with Crippen molar-refractivity contribution in [2.24, 2.45) is 22.9 Å². The molecule has 3 atom stereocenters. The normalized spacial score (nSPS) is 27.8. The Morgan fingerprint density at radius 2 is 2.05 bits per heavy atom. The molecule has 5 nitrogen and oxygen atoms in total. The number of anilines is 1. The van der Waals surface area contributed by atoms with Crippen LogP contribution < -0.4 is 10.5 Å². The number of aryl methyl sites for hydroxylation is 1. The van der Waals surface area contributed by atoms with Crippen molar-refractivity contribution in [3.05, 3.63) is 23.8 Å². The first-order valence-corrected chi connectivity index (χ1v) is 8.83. The summed E-state index contributed by atoms with van der Waals surface area (Å²) in [6.07, 6.45) is 4.51. The maximum atomic E-state index is 12.4. The van der Waals surface area contributed by atoms with Crippen LogP contribution in [0.5, 0.6) is 0 Å². The van der Waals surface area contributed by atoms with E-state index in [0.717, 1.165) is 24.8 Å². The number of nitrogens with two attached hydrogens (primary N) is 1. The Bertz CT molecular complexity index is 684. The van der Waals surface area contributed by atoms with Crippen LogP contribution >= 0.6 is 0 Å². The Hall–Kier alpha value is -1.40. The molecule has 0 aliphatic heterocycles. The molecule has 0 radical (unpaired) electrons. The van der Waals surface area contributed by atoms with Gasteiger partial charge in [-0.3, -0.25) is 4.79 Å². The number of benzene rings is 1. The summed E-state index contributed by atoms with van der Waals surface area (Å²) in [6, 6.07) is 4.56. The first kappa shape index (κ1) is 14.5. The van der Waals surface area contributed by atoms with Crippen LogP contribution in [-0.4, -0.2) is 14.3 Å². The summed E-state index contributed by atoms with van der Waals surface area (Å²) >= 11 is 0. The number of amides is 1. The lowest BCUT2D eigenvalue weighted by atomic mass is 9.88. The summed E-state index contributed by atoms with van der Waals surface area (Å²) in [5, 5.41) is 8.03. The molecule has 3 N–H and O–H groups in total. The minimum Gasteiger partial charge on any atom is -0.326 e. The SMILES string of the molecule is Cc1ccc(S(N)(=O)=O)cc1NC(=O)[C@H]1C[C@@H]2CC[C@@H]1C2. The predicted octanol–water partition coefficient (Wildman–Crippen LogP) is 2.02. The average Bonchev–Trinajstić information content (AvgIpc) is 3.02. The lowest BCUT2D eigenvalue weighted by Crippen LogP contribution is -2.27. The van der Waals surface area contributed by atoms with Crippen LogP contribution in [0.15, 0.2) is 23.1 Å². The van der Waals surface area contributed by atoms with Gasteiger partial charge >= 0.3 is 0 Å². The standard InChI is InChI=1S/C15H20N2O3S/c1-9-2-5-12(21(16,19)20)8-14(9)17-15(18)13-7-10-3-4-11(13)6-10/h2,5,8,10-11,13H,3-4,6-7H2,1H3,(H,17,18)(H2,16,19,20)/t10-,11-,13+/m1/s1. The third-order valence-corrected chi connectivity index (χ3v) is 5.78. The highest BCUT2D eigenvalue weighted by Gasteiger charge is 2.43. The number of carbonyl (C=O) groups is 1. The molecule has 3 rings (SSSR count). The van der Waals surface area contributed by atoms with E-state index in [1.54, 1.807) is 6.07 Å². The van der Waals surface area contributed by atoms with E-state index in [9.17, 15) is 13.2 Å². The van der Waals surface area contributed by atoms with Crippen LogP contribution in [0.3, 0.4) is 0 Å². The summed E-state index contributed by atoms with van der Waals surface area (Å²) < 4.78 is 22.8. The Kier molecular flexibility index (Phi) is 3.53. The topological polar surface area (TPSA) is 89.3 Å². The molecule has 2 fully saturated rings. The minimum atomic E-state index is -3.76. The molecule has 0 heterocycles. The van der Waals surface area contributed by atoms with Crippen molar-refractivity contribution >= 4 is 21.6 Å². The molecule has 6 heteroatoms. The molecular weight excluding hydrogens is 288 g/mol. The fraction of sp³-hybridized carbons (Fsp3) is 0.533. The molecule has 114 valence electrons. The van der Waals surface area contributed by atoms with Crippen molar-refractivity contribution in [1.82, 2.24) is 0 Å². The highest BCUT2D eigenvalue weighted by atomic mass is 32.2. The van der Waals surface area contributed by atoms with Crippen LogP contribution in [0, 0.1) is 24.7 Å². The van der Waals surface area contributed by atoms with Gasteiger partial charge in [-0.25, -0.2) is 13.6 Å². The van der Waals surface area contributed by atoms with E-state index in [0.29, 0.717) is 17.5 Å². The first-order valence-electron chi connectivity index (χ1n) is 7.29. The maximum Gasteiger partial charge on any atom is 0.238 e. The van der Waals surface area contributed by atoms with E-state index < -0.39 is 10.0 Å². The number of carbonyl (C=O) groups excluding carboxylic acids is 1. The highest BCUT2D eigenvalue weighted by Crippen LogP contribution is 2.48. The second-order valence-electron chi connectivity index (χ2n) is 6.29. The Labute approximate surface area is 125 Å². The quantitative estimate of drug-likeness (QED) is 0.895. The smallest absolute Gasteiger partial charge is 0.238 e. The second kappa shape index (κ2) is 5.10. The summed E-state index contributed by atoms with van der Waals surface area (Å²) in [5.41, 5.74) is 1.37. The summed E-state index contributed by atoms with van der Waals surface area (Å²) in [4.78, 5) is 12.5. The van der Waals surface area contributed by atoms with Crippen molar-refractivity contribution in [1.29, 1.82) is 0 Å². The lowest BCUT2D eigenvalue weighted by molar-refractivity contribution is -0.121. The van der Waals surface area contributed by atoms with Gasteiger partial charge in [0.2, 0.25) is 15.9 Å². The Morgan fingerprint density at radius 3 is 2.62 bits per heavy atom. The molecule has 1 amide bonds. The van der Waals surface area contributed by atoms with E-state index in [1.165, 1.54) is 18.6 Å². The first-order chi connectivity index (χ1) is 9.84. The van der Waals surface area contributed by atoms with E-state index in [4.69, 9.17) is 5.14 Å².